The van der Waals surface area contributed by atoms with E-state index in [2.05, 4.69) is 25.1 Å². The van der Waals surface area contributed by atoms with Crippen molar-refractivity contribution >= 4 is 19.9 Å². The van der Waals surface area contributed by atoms with E-state index in [1.807, 2.05) is 0 Å². The van der Waals surface area contributed by atoms with Gasteiger partial charge in [-0.1, -0.05) is 26.3 Å². The van der Waals surface area contributed by atoms with Crippen molar-refractivity contribution in [3.63, 3.8) is 0 Å². The van der Waals surface area contributed by atoms with Gasteiger partial charge < -0.3 is 0 Å². The summed E-state index contributed by atoms with van der Waals surface area (Å²) in [5.74, 6) is 1.39. The van der Waals surface area contributed by atoms with E-state index in [0.717, 1.165) is 0 Å². The largest absolute Gasteiger partial charge is 0.193 e. The first-order chi connectivity index (χ1) is 3.91. The minimum atomic E-state index is 0.207. The Labute approximate surface area is 58.9 Å². The monoisotopic (exact) mass is 147 g/mol. The first-order valence-electron chi connectivity index (χ1n) is 3.28. The fourth-order valence-corrected chi connectivity index (χ4v) is 3.19. The highest BCUT2D eigenvalue weighted by atomic mass is 32.4. The van der Waals surface area contributed by atoms with E-state index in [1.165, 1.54) is 24.6 Å². The minimum Gasteiger partial charge on any atom is -0.193 e. The molecule has 0 saturated carbocycles. The van der Waals surface area contributed by atoms with Crippen LogP contribution in [-0.2, 0) is 0 Å². The Bertz CT molecular complexity index is 33.5. The molecule has 0 aliphatic carbocycles. The third kappa shape index (κ3) is 6.57. The second-order valence-electron chi connectivity index (χ2n) is 1.82. The molecule has 0 bridgehead atoms. The molecule has 1 radical (unpaired) electrons. The van der Waals surface area contributed by atoms with E-state index in [-0.39, 0.29) is 8.67 Å². The molecule has 0 atom stereocenters. The van der Waals surface area contributed by atoms with Crippen molar-refractivity contribution in [1.29, 1.82) is 0 Å². The zero-order valence-electron chi connectivity index (χ0n) is 5.65. The van der Waals surface area contributed by atoms with Gasteiger partial charge in [0.1, 0.15) is 0 Å². The molecule has 2 heteroatoms. The Morgan fingerprint density at radius 1 is 1.62 bits per heavy atom. The van der Waals surface area contributed by atoms with Gasteiger partial charge in [0.15, 0.2) is 0 Å². The lowest BCUT2D eigenvalue weighted by Gasteiger charge is -1.93. The van der Waals surface area contributed by atoms with E-state index < -0.39 is 0 Å². The Morgan fingerprint density at radius 2 is 2.38 bits per heavy atom. The van der Waals surface area contributed by atoms with E-state index in [4.69, 9.17) is 0 Å². The Kier molecular flexibility index (Phi) is 8.10. The van der Waals surface area contributed by atoms with Crippen molar-refractivity contribution in [3.8, 4) is 0 Å². The molecule has 0 aliphatic heterocycles. The fourth-order valence-electron chi connectivity index (χ4n) is 0.451. The molecule has 0 aromatic heterocycles. The molecule has 0 aromatic rings. The van der Waals surface area contributed by atoms with Gasteiger partial charge in [0.05, 0.1) is 8.67 Å². The molecule has 0 rings (SSSR count). The third-order valence-corrected chi connectivity index (χ3v) is 4.68. The molecule has 49 valence electrons. The summed E-state index contributed by atoms with van der Waals surface area (Å²) in [6, 6.07) is 1.22. The van der Waals surface area contributed by atoms with Crippen LogP contribution in [0.15, 0.2) is 0 Å². The second-order valence-corrected chi connectivity index (χ2v) is 6.20. The lowest BCUT2D eigenvalue weighted by molar-refractivity contribution is 0.898. The molecule has 0 fully saturated rings. The van der Waals surface area contributed by atoms with Crippen molar-refractivity contribution in [2.45, 2.75) is 25.8 Å². The smallest absolute Gasteiger partial charge is 0.0854 e. The van der Waals surface area contributed by atoms with Gasteiger partial charge in [0.25, 0.3) is 0 Å². The van der Waals surface area contributed by atoms with E-state index >= 15 is 0 Å². The van der Waals surface area contributed by atoms with Crippen LogP contribution in [0.1, 0.15) is 19.8 Å². The van der Waals surface area contributed by atoms with E-state index in [0.29, 0.717) is 0 Å². The van der Waals surface area contributed by atoms with Crippen LogP contribution >= 0.6 is 11.2 Å². The van der Waals surface area contributed by atoms with E-state index in [9.17, 15) is 0 Å². The van der Waals surface area contributed by atoms with Crippen LogP contribution < -0.4 is 0 Å². The lowest BCUT2D eigenvalue weighted by Crippen LogP contribution is -1.82. The second kappa shape index (κ2) is 7.57. The van der Waals surface area contributed by atoms with Gasteiger partial charge >= 0.3 is 0 Å². The quantitative estimate of drug-likeness (QED) is 0.422. The molecular formula is C6H15SSi. The number of hydrogen-bond acceptors (Lipinski definition) is 1. The summed E-state index contributed by atoms with van der Waals surface area (Å²) < 4.78 is 0. The standard InChI is InChI=1S/C6H15SSi/c1-3-5-6-7-8-4-2/h2-6,8H2,1H3. The lowest BCUT2D eigenvalue weighted by atomic mass is 10.4. The average Bonchev–Trinajstić information content (AvgIpc) is 1.81. The van der Waals surface area contributed by atoms with Crippen molar-refractivity contribution in [2.75, 3.05) is 5.75 Å². The molecule has 0 aromatic carbocycles. The number of unbranched alkanes of at least 4 members (excludes halogenated alkanes) is 1. The van der Waals surface area contributed by atoms with Crippen molar-refractivity contribution < 1.29 is 0 Å². The zero-order chi connectivity index (χ0) is 6.24. The van der Waals surface area contributed by atoms with Crippen LogP contribution in [0.4, 0.5) is 0 Å². The molecule has 0 heterocycles. The Balaban J connectivity index is 2.53. The van der Waals surface area contributed by atoms with Crippen LogP contribution in [0.3, 0.4) is 0 Å². The number of rotatable bonds is 5. The predicted octanol–water partition coefficient (Wildman–Crippen LogP) is 1.86. The summed E-state index contributed by atoms with van der Waals surface area (Å²) in [6.45, 7) is 6.07. The highest BCUT2D eigenvalue weighted by Crippen LogP contribution is 2.02. The SMILES string of the molecule is [CH2]C[SiH2]SCCCC. The van der Waals surface area contributed by atoms with Gasteiger partial charge in [0.2, 0.25) is 0 Å². The summed E-state index contributed by atoms with van der Waals surface area (Å²) in [5.41, 5.74) is 0. The van der Waals surface area contributed by atoms with Crippen LogP contribution in [-0.4, -0.2) is 14.4 Å². The van der Waals surface area contributed by atoms with Crippen LogP contribution in [0.25, 0.3) is 0 Å². The van der Waals surface area contributed by atoms with Crippen LogP contribution in [0.5, 0.6) is 0 Å². The minimum absolute atomic E-state index is 0.207. The van der Waals surface area contributed by atoms with Gasteiger partial charge in [-0.2, -0.15) is 11.2 Å². The summed E-state index contributed by atoms with van der Waals surface area (Å²) in [5, 5.41) is 0. The first-order valence-corrected chi connectivity index (χ1v) is 7.17. The maximum atomic E-state index is 3.82. The highest BCUT2D eigenvalue weighted by molar-refractivity contribution is 8.22. The first kappa shape index (κ1) is 8.57. The Morgan fingerprint density at radius 3 is 2.88 bits per heavy atom. The van der Waals surface area contributed by atoms with Gasteiger partial charge in [-0.3, -0.25) is 0 Å². The molecular weight excluding hydrogens is 132 g/mol. The Hall–Kier alpha value is 0.567. The zero-order valence-corrected chi connectivity index (χ0v) is 7.88. The molecule has 8 heavy (non-hydrogen) atoms. The molecule has 0 spiro atoms. The molecule has 0 saturated heterocycles. The average molecular weight is 147 g/mol. The normalized spacial score (nSPS) is 11.2. The highest BCUT2D eigenvalue weighted by Gasteiger charge is 1.84. The topological polar surface area (TPSA) is 0 Å². The number of hydrogen-bond donors (Lipinski definition) is 0. The predicted molar refractivity (Wildman–Crippen MR) is 46.1 cm³/mol. The maximum absolute atomic E-state index is 3.82. The van der Waals surface area contributed by atoms with Gasteiger partial charge in [0, 0.05) is 0 Å². The molecule has 0 aliphatic rings. The van der Waals surface area contributed by atoms with Gasteiger partial charge in [-0.05, 0) is 12.2 Å². The van der Waals surface area contributed by atoms with E-state index in [1.54, 1.807) is 0 Å². The van der Waals surface area contributed by atoms with Crippen molar-refractivity contribution in [1.82, 2.24) is 0 Å². The fraction of sp³-hybridized carbons (Fsp3) is 0.833. The molecule has 0 amide bonds. The molecule has 0 nitrogen and oxygen atoms in total. The maximum Gasteiger partial charge on any atom is 0.0854 e. The van der Waals surface area contributed by atoms with Gasteiger partial charge in [-0.25, -0.2) is 0 Å². The molecule has 0 N–H and O–H groups in total. The third-order valence-electron chi connectivity index (χ3n) is 0.931. The van der Waals surface area contributed by atoms with Gasteiger partial charge in [-0.15, -0.1) is 0 Å². The van der Waals surface area contributed by atoms with Crippen molar-refractivity contribution in [2.24, 2.45) is 0 Å². The van der Waals surface area contributed by atoms with Crippen LogP contribution in [0.2, 0.25) is 6.04 Å². The summed E-state index contributed by atoms with van der Waals surface area (Å²) in [6.07, 6.45) is 2.75. The van der Waals surface area contributed by atoms with Crippen LogP contribution in [0, 0.1) is 6.92 Å². The summed E-state index contributed by atoms with van der Waals surface area (Å²) in [7, 11) is 0.207. The van der Waals surface area contributed by atoms with Crippen molar-refractivity contribution in [3.05, 3.63) is 6.92 Å². The summed E-state index contributed by atoms with van der Waals surface area (Å²) >= 11 is 2.15. The molecule has 0 unspecified atom stereocenters. The summed E-state index contributed by atoms with van der Waals surface area (Å²) in [4.78, 5) is 0.